The molecular formula is C16H19N5O5. The molecule has 1 aliphatic heterocycles. The smallest absolute Gasteiger partial charge is 0.305 e. The van der Waals surface area contributed by atoms with Crippen LogP contribution in [0.15, 0.2) is 18.5 Å². The van der Waals surface area contributed by atoms with E-state index in [1.54, 1.807) is 12.1 Å². The number of hydrogen-bond donors (Lipinski definition) is 3. The number of nitriles is 1. The van der Waals surface area contributed by atoms with E-state index in [9.17, 15) is 20.3 Å². The van der Waals surface area contributed by atoms with E-state index >= 15 is 0 Å². The van der Waals surface area contributed by atoms with E-state index in [-0.39, 0.29) is 12.2 Å². The van der Waals surface area contributed by atoms with Crippen LogP contribution in [0.25, 0.3) is 5.52 Å². The summed E-state index contributed by atoms with van der Waals surface area (Å²) in [6, 6.07) is 5.08. The number of hydrogen-bond acceptors (Lipinski definition) is 9. The van der Waals surface area contributed by atoms with Gasteiger partial charge >= 0.3 is 5.97 Å². The lowest BCUT2D eigenvalue weighted by atomic mass is 9.96. The first kappa shape index (κ1) is 18.1. The van der Waals surface area contributed by atoms with Gasteiger partial charge in [0.15, 0.2) is 5.82 Å². The summed E-state index contributed by atoms with van der Waals surface area (Å²) >= 11 is 0. The number of nitrogen functional groups attached to an aromatic ring is 1. The first-order valence-corrected chi connectivity index (χ1v) is 8.12. The van der Waals surface area contributed by atoms with E-state index in [1.165, 1.54) is 10.8 Å². The second kappa shape index (κ2) is 6.87. The van der Waals surface area contributed by atoms with Crippen molar-refractivity contribution < 1.29 is 24.5 Å². The molecule has 0 bridgehead atoms. The Morgan fingerprint density at radius 3 is 3.00 bits per heavy atom. The number of aliphatic hydroxyl groups excluding tert-OH is 2. The molecule has 0 aliphatic carbocycles. The SMILES string of the molecule is CCCC(=O)OC[C@@]1(C#N)O[C@@H](c2ccc3c(N)ncnn23)[C@H](O)[C@@H]1O. The van der Waals surface area contributed by atoms with Gasteiger partial charge < -0.3 is 25.4 Å². The van der Waals surface area contributed by atoms with Crippen LogP contribution in [0, 0.1) is 11.3 Å². The average Bonchev–Trinajstić information content (AvgIpc) is 3.16. The quantitative estimate of drug-likeness (QED) is 0.609. The van der Waals surface area contributed by atoms with Crippen molar-refractivity contribution in [3.63, 3.8) is 0 Å². The summed E-state index contributed by atoms with van der Waals surface area (Å²) in [5, 5.41) is 34.4. The molecule has 2 aromatic heterocycles. The number of anilines is 1. The molecule has 0 aromatic carbocycles. The number of rotatable bonds is 5. The monoisotopic (exact) mass is 361 g/mol. The minimum Gasteiger partial charge on any atom is -0.461 e. The molecule has 2 aromatic rings. The van der Waals surface area contributed by atoms with Crippen LogP contribution in [0.1, 0.15) is 31.6 Å². The predicted molar refractivity (Wildman–Crippen MR) is 87.5 cm³/mol. The fourth-order valence-corrected chi connectivity index (χ4v) is 2.94. The maximum Gasteiger partial charge on any atom is 0.305 e. The molecule has 1 fully saturated rings. The van der Waals surface area contributed by atoms with Gasteiger partial charge in [0.25, 0.3) is 0 Å². The molecule has 4 N–H and O–H groups in total. The highest BCUT2D eigenvalue weighted by Gasteiger charge is 2.56. The van der Waals surface area contributed by atoms with Crippen LogP contribution in [0.2, 0.25) is 0 Å². The lowest BCUT2D eigenvalue weighted by Crippen LogP contribution is -2.46. The topological polar surface area (TPSA) is 156 Å². The van der Waals surface area contributed by atoms with Gasteiger partial charge in [-0.05, 0) is 18.6 Å². The third-order valence-electron chi connectivity index (χ3n) is 4.34. The summed E-state index contributed by atoms with van der Waals surface area (Å²) in [6.45, 7) is 1.32. The minimum atomic E-state index is -1.88. The van der Waals surface area contributed by atoms with E-state index in [0.717, 1.165) is 0 Å². The summed E-state index contributed by atoms with van der Waals surface area (Å²) in [4.78, 5) is 15.5. The molecule has 3 heterocycles. The van der Waals surface area contributed by atoms with Crippen molar-refractivity contribution in [1.82, 2.24) is 14.6 Å². The molecular weight excluding hydrogens is 342 g/mol. The van der Waals surface area contributed by atoms with Crippen molar-refractivity contribution in [1.29, 1.82) is 5.26 Å². The summed E-state index contributed by atoms with van der Waals surface area (Å²) in [5.74, 6) is -0.274. The number of nitrogens with two attached hydrogens (primary N) is 1. The maximum atomic E-state index is 11.6. The Hall–Kier alpha value is -2.74. The number of esters is 1. The van der Waals surface area contributed by atoms with Crippen molar-refractivity contribution in [2.45, 2.75) is 43.7 Å². The van der Waals surface area contributed by atoms with Crippen LogP contribution in [-0.2, 0) is 14.3 Å². The molecule has 138 valence electrons. The summed E-state index contributed by atoms with van der Waals surface area (Å²) in [7, 11) is 0. The van der Waals surface area contributed by atoms with E-state index in [4.69, 9.17) is 15.2 Å². The molecule has 3 rings (SSSR count). The third-order valence-corrected chi connectivity index (χ3v) is 4.34. The highest BCUT2D eigenvalue weighted by atomic mass is 16.6. The number of fused-ring (bicyclic) bond motifs is 1. The number of ether oxygens (including phenoxy) is 2. The van der Waals surface area contributed by atoms with Crippen molar-refractivity contribution in [3.8, 4) is 6.07 Å². The van der Waals surface area contributed by atoms with E-state index in [2.05, 4.69) is 10.1 Å². The van der Waals surface area contributed by atoms with Gasteiger partial charge in [-0.1, -0.05) is 6.92 Å². The van der Waals surface area contributed by atoms with Crippen molar-refractivity contribution in [2.24, 2.45) is 0 Å². The molecule has 10 nitrogen and oxygen atoms in total. The first-order valence-electron chi connectivity index (χ1n) is 8.12. The largest absolute Gasteiger partial charge is 0.461 e. The normalized spacial score (nSPS) is 28.2. The Balaban J connectivity index is 1.89. The Labute approximate surface area is 148 Å². The number of carbonyl (C=O) groups excluding carboxylic acids is 1. The van der Waals surface area contributed by atoms with Gasteiger partial charge in [-0.3, -0.25) is 4.79 Å². The second-order valence-electron chi connectivity index (χ2n) is 6.09. The molecule has 0 saturated carbocycles. The zero-order valence-corrected chi connectivity index (χ0v) is 14.1. The molecule has 10 heteroatoms. The third kappa shape index (κ3) is 2.86. The first-order chi connectivity index (χ1) is 12.4. The highest BCUT2D eigenvalue weighted by molar-refractivity contribution is 5.69. The van der Waals surface area contributed by atoms with Crippen molar-refractivity contribution in [2.75, 3.05) is 12.3 Å². The summed E-state index contributed by atoms with van der Waals surface area (Å²) in [5.41, 5.74) is 4.79. The Bertz CT molecular complexity index is 862. The molecule has 1 saturated heterocycles. The van der Waals surface area contributed by atoms with E-state index in [1.807, 2.05) is 13.0 Å². The van der Waals surface area contributed by atoms with Crippen LogP contribution in [-0.4, -0.2) is 55.2 Å². The van der Waals surface area contributed by atoms with E-state index < -0.39 is 36.5 Å². The lowest BCUT2D eigenvalue weighted by molar-refractivity contribution is -0.154. The molecule has 4 atom stereocenters. The zero-order valence-electron chi connectivity index (χ0n) is 14.1. The number of carbonyl (C=O) groups is 1. The van der Waals surface area contributed by atoms with Gasteiger partial charge in [0.05, 0.1) is 5.69 Å². The second-order valence-corrected chi connectivity index (χ2v) is 6.09. The van der Waals surface area contributed by atoms with Gasteiger partial charge in [0.1, 0.15) is 42.8 Å². The number of nitrogens with zero attached hydrogens (tertiary/aromatic N) is 4. The fourth-order valence-electron chi connectivity index (χ4n) is 2.94. The van der Waals surface area contributed by atoms with E-state index in [0.29, 0.717) is 17.6 Å². The van der Waals surface area contributed by atoms with Crippen LogP contribution in [0.5, 0.6) is 0 Å². The molecule has 1 aliphatic rings. The maximum absolute atomic E-state index is 11.6. The number of aliphatic hydroxyl groups is 2. The Morgan fingerprint density at radius 1 is 1.54 bits per heavy atom. The average molecular weight is 361 g/mol. The predicted octanol–water partition coefficient (Wildman–Crippen LogP) is -0.290. The lowest BCUT2D eigenvalue weighted by Gasteiger charge is -2.23. The zero-order chi connectivity index (χ0) is 18.9. The summed E-state index contributed by atoms with van der Waals surface area (Å²) < 4.78 is 12.1. The van der Waals surface area contributed by atoms with Crippen molar-refractivity contribution >= 4 is 17.3 Å². The van der Waals surface area contributed by atoms with Crippen molar-refractivity contribution in [3.05, 3.63) is 24.2 Å². The molecule has 0 amide bonds. The molecule has 0 spiro atoms. The summed E-state index contributed by atoms with van der Waals surface area (Å²) in [6.07, 6.45) is -2.04. The Morgan fingerprint density at radius 2 is 2.31 bits per heavy atom. The Kier molecular flexibility index (Phi) is 4.78. The molecule has 0 unspecified atom stereocenters. The van der Waals surface area contributed by atoms with Gasteiger partial charge in [-0.15, -0.1) is 0 Å². The van der Waals surface area contributed by atoms with Gasteiger partial charge in [0, 0.05) is 6.42 Å². The molecule has 0 radical (unpaired) electrons. The number of aromatic nitrogens is 3. The molecule has 26 heavy (non-hydrogen) atoms. The fraction of sp³-hybridized carbons (Fsp3) is 0.500. The minimum absolute atomic E-state index is 0.184. The van der Waals surface area contributed by atoms with Crippen LogP contribution in [0.3, 0.4) is 0 Å². The van der Waals surface area contributed by atoms with Crippen LogP contribution in [0.4, 0.5) is 5.82 Å². The highest BCUT2D eigenvalue weighted by Crippen LogP contribution is 2.40. The van der Waals surface area contributed by atoms with Gasteiger partial charge in [-0.2, -0.15) is 10.4 Å². The van der Waals surface area contributed by atoms with Gasteiger partial charge in [-0.25, -0.2) is 9.50 Å². The van der Waals surface area contributed by atoms with Gasteiger partial charge in [0.2, 0.25) is 5.60 Å². The van der Waals surface area contributed by atoms with Crippen LogP contribution >= 0.6 is 0 Å². The standard InChI is InChI=1S/C16H19N5O5/c1-2-3-11(22)25-7-16(6-17)14(24)12(23)13(26-16)9-4-5-10-15(18)19-8-20-21(9)10/h4-5,8,12-14,23-24H,2-3,7H2,1H3,(H2,18,19,20)/t12-,13-,14-,16+/m0/s1. The van der Waals surface area contributed by atoms with Crippen LogP contribution < -0.4 is 5.73 Å².